The van der Waals surface area contributed by atoms with Crippen LogP contribution >= 0.6 is 23.5 Å². The van der Waals surface area contributed by atoms with Crippen LogP contribution in [0.3, 0.4) is 0 Å². The third kappa shape index (κ3) is 9.57. The molecule has 0 aliphatic rings. The molecule has 182 valence electrons. The van der Waals surface area contributed by atoms with Crippen LogP contribution < -0.4 is 9.62 Å². The second kappa shape index (κ2) is 13.2. The Morgan fingerprint density at radius 3 is 2.53 bits per heavy atom. The number of benzene rings is 2. The number of alkyl halides is 3. The van der Waals surface area contributed by atoms with Crippen molar-refractivity contribution in [2.45, 2.75) is 32.0 Å². The molecule has 0 atom stereocenters. The highest BCUT2D eigenvalue weighted by atomic mass is 35.5. The quantitative estimate of drug-likeness (QED) is 0.209. The lowest BCUT2D eigenvalue weighted by Crippen LogP contribution is -2.35. The number of nitrogens with zero attached hydrogens (tertiary/aromatic N) is 1. The summed E-state index contributed by atoms with van der Waals surface area (Å²) in [5, 5.41) is 3.41. The zero-order chi connectivity index (χ0) is 25.1. The van der Waals surface area contributed by atoms with Crippen LogP contribution in [0.2, 0.25) is 5.02 Å². The van der Waals surface area contributed by atoms with E-state index in [0.29, 0.717) is 16.9 Å². The average molecular weight is 511 g/mol. The van der Waals surface area contributed by atoms with Crippen LogP contribution in [0, 0.1) is 13.8 Å². The molecule has 0 unspecified atom stereocenters. The highest BCUT2D eigenvalue weighted by Gasteiger charge is 2.28. The van der Waals surface area contributed by atoms with Crippen LogP contribution in [-0.2, 0) is 9.53 Å². The average Bonchev–Trinajstić information content (AvgIpc) is 2.77. The normalized spacial score (nSPS) is 12.4. The molecule has 2 aromatic rings. The minimum absolute atomic E-state index is 0.0376. The first-order valence-electron chi connectivity index (χ1n) is 10.4. The molecule has 1 N–H and O–H groups in total. The topological polar surface area (TPSA) is 41.6 Å². The third-order valence-corrected chi connectivity index (χ3v) is 5.93. The van der Waals surface area contributed by atoms with Gasteiger partial charge in [0.25, 0.3) is 0 Å². The van der Waals surface area contributed by atoms with Gasteiger partial charge in [0.2, 0.25) is 5.91 Å². The molecule has 0 fully saturated rings. The maximum Gasteiger partial charge on any atom is 0.572 e. The molecule has 0 aromatic heterocycles. The number of ether oxygens (including phenoxy) is 1. The number of nitrogens with one attached hydrogen (secondary N) is 1. The number of carbonyl (C=O) groups is 1. The maximum absolute atomic E-state index is 12.8. The molecule has 1 amide bonds. The van der Waals surface area contributed by atoms with E-state index in [9.17, 15) is 18.0 Å². The number of hydrogen-bond acceptors (Lipinski definition) is 4. The van der Waals surface area contributed by atoms with Gasteiger partial charge >= 0.3 is 6.36 Å². The molecular formula is C25H26ClF3N2O2S. The van der Waals surface area contributed by atoms with E-state index >= 15 is 0 Å². The Hall–Kier alpha value is -2.84. The van der Waals surface area contributed by atoms with Gasteiger partial charge in [0, 0.05) is 16.5 Å². The Labute approximate surface area is 207 Å². The van der Waals surface area contributed by atoms with Crippen LogP contribution in [0.25, 0.3) is 0 Å². The van der Waals surface area contributed by atoms with Crippen molar-refractivity contribution in [1.82, 2.24) is 5.32 Å². The van der Waals surface area contributed by atoms with Crippen LogP contribution in [0.5, 0.6) is 0 Å². The van der Waals surface area contributed by atoms with Gasteiger partial charge in [0.1, 0.15) is 6.54 Å². The molecule has 0 bridgehead atoms. The number of aryl methyl sites for hydroxylation is 1. The largest absolute Gasteiger partial charge is 0.572 e. The predicted octanol–water partition coefficient (Wildman–Crippen LogP) is 7.14. The van der Waals surface area contributed by atoms with Gasteiger partial charge in [0.05, 0.1) is 11.9 Å². The van der Waals surface area contributed by atoms with Crippen LogP contribution in [0.4, 0.5) is 18.9 Å². The maximum atomic E-state index is 12.8. The van der Waals surface area contributed by atoms with Crippen molar-refractivity contribution >= 4 is 35.1 Å². The van der Waals surface area contributed by atoms with Crippen molar-refractivity contribution in [2.24, 2.45) is 0 Å². The number of carbonyl (C=O) groups excluding carboxylic acids is 1. The van der Waals surface area contributed by atoms with E-state index in [-0.39, 0.29) is 19.0 Å². The number of allylic oxidation sites excluding steroid dienone is 3. The fourth-order valence-electron chi connectivity index (χ4n) is 2.81. The molecule has 0 aliphatic carbocycles. The molecule has 4 nitrogen and oxygen atoms in total. The zero-order valence-electron chi connectivity index (χ0n) is 19.0. The van der Waals surface area contributed by atoms with Gasteiger partial charge in [-0.15, -0.1) is 13.2 Å². The molecule has 2 rings (SSSR count). The number of anilines is 1. The van der Waals surface area contributed by atoms with Gasteiger partial charge in [-0.2, -0.15) is 0 Å². The summed E-state index contributed by atoms with van der Waals surface area (Å²) < 4.78 is 41.7. The summed E-state index contributed by atoms with van der Waals surface area (Å²) in [6, 6.07) is 13.5. The lowest BCUT2D eigenvalue weighted by Gasteiger charge is -2.25. The lowest BCUT2D eigenvalue weighted by molar-refractivity contribution is -0.298. The Bertz CT molecular complexity index is 1050. The Morgan fingerprint density at radius 2 is 1.88 bits per heavy atom. The van der Waals surface area contributed by atoms with Crippen LogP contribution in [0.1, 0.15) is 18.1 Å². The first-order chi connectivity index (χ1) is 16.1. The van der Waals surface area contributed by atoms with Crippen molar-refractivity contribution in [3.63, 3.8) is 0 Å². The van der Waals surface area contributed by atoms with E-state index in [4.69, 9.17) is 11.6 Å². The smallest absolute Gasteiger partial charge is 0.414 e. The molecule has 9 heteroatoms. The summed E-state index contributed by atoms with van der Waals surface area (Å²) >= 11 is 7.72. The molecule has 0 saturated carbocycles. The Balaban J connectivity index is 2.12. The second-order valence-electron chi connectivity index (χ2n) is 7.24. The fourth-order valence-corrected chi connectivity index (χ4v) is 3.97. The Morgan fingerprint density at radius 1 is 1.18 bits per heavy atom. The van der Waals surface area contributed by atoms with E-state index in [2.05, 4.69) is 10.1 Å². The third-order valence-electron chi connectivity index (χ3n) is 4.49. The molecular weight excluding hydrogens is 485 g/mol. The van der Waals surface area contributed by atoms with Crippen molar-refractivity contribution in [2.75, 3.05) is 17.4 Å². The summed E-state index contributed by atoms with van der Waals surface area (Å²) in [4.78, 5) is 13.8. The molecule has 2 aromatic carbocycles. The summed E-state index contributed by atoms with van der Waals surface area (Å²) in [6.07, 6.45) is 1.79. The van der Waals surface area contributed by atoms with Crippen LogP contribution in [0.15, 0.2) is 83.5 Å². The second-order valence-corrected chi connectivity index (χ2v) is 8.74. The monoisotopic (exact) mass is 510 g/mol. The molecule has 0 aliphatic heterocycles. The number of halogens is 4. The molecule has 0 spiro atoms. The molecule has 34 heavy (non-hydrogen) atoms. The summed E-state index contributed by atoms with van der Waals surface area (Å²) in [7, 11) is 0. The first-order valence-corrected chi connectivity index (χ1v) is 11.5. The van der Waals surface area contributed by atoms with E-state index in [1.54, 1.807) is 25.1 Å². The van der Waals surface area contributed by atoms with E-state index in [0.717, 1.165) is 27.8 Å². The van der Waals surface area contributed by atoms with E-state index in [1.807, 2.05) is 54.6 Å². The van der Waals surface area contributed by atoms with Gasteiger partial charge in [-0.1, -0.05) is 53.6 Å². The predicted molar refractivity (Wildman–Crippen MR) is 133 cm³/mol. The summed E-state index contributed by atoms with van der Waals surface area (Å²) in [5.74, 6) is -0.259. The van der Waals surface area contributed by atoms with Gasteiger partial charge in [0.15, 0.2) is 0 Å². The zero-order valence-corrected chi connectivity index (χ0v) is 20.6. The number of hydrogen-bond donors (Lipinski definition) is 1. The molecule has 0 radical (unpaired) electrons. The van der Waals surface area contributed by atoms with E-state index < -0.39 is 6.36 Å². The summed E-state index contributed by atoms with van der Waals surface area (Å²) in [5.41, 5.74) is 3.39. The SMILES string of the molecule is C\C=C/C(=C\C=C\OC(F)(F)F)CNC(=O)CN(Sc1ccc(C)cc1)c1cccc(Cl)c1C. The van der Waals surface area contributed by atoms with Crippen molar-refractivity contribution in [3.05, 3.63) is 94.8 Å². The molecule has 0 heterocycles. The highest BCUT2D eigenvalue weighted by Crippen LogP contribution is 2.34. The fraction of sp³-hybridized carbons (Fsp3) is 0.240. The highest BCUT2D eigenvalue weighted by molar-refractivity contribution is 8.00. The standard InChI is InChI=1S/C25H26ClF3N2O2S/c1-4-7-20(8-6-15-33-25(27,28)29)16-30-24(32)17-31(23-10-5-9-22(26)19(23)3)34-21-13-11-18(2)12-14-21/h4-15H,16-17H2,1-3H3,(H,30,32)/b7-4-,15-6+,20-8+. The van der Waals surface area contributed by atoms with Gasteiger partial charge in [-0.25, -0.2) is 0 Å². The number of rotatable bonds is 10. The first kappa shape index (κ1) is 27.4. The van der Waals surface area contributed by atoms with Gasteiger partial charge in [-0.05, 0) is 74.2 Å². The van der Waals surface area contributed by atoms with Crippen molar-refractivity contribution in [3.8, 4) is 0 Å². The van der Waals surface area contributed by atoms with Gasteiger partial charge in [-0.3, -0.25) is 4.79 Å². The van der Waals surface area contributed by atoms with Gasteiger partial charge < -0.3 is 14.4 Å². The minimum atomic E-state index is -4.74. The van der Waals surface area contributed by atoms with Crippen molar-refractivity contribution in [1.29, 1.82) is 0 Å². The van der Waals surface area contributed by atoms with Crippen molar-refractivity contribution < 1.29 is 22.7 Å². The lowest BCUT2D eigenvalue weighted by atomic mass is 10.2. The Kier molecular flexibility index (Phi) is 10.6. The van der Waals surface area contributed by atoms with Crippen LogP contribution in [-0.4, -0.2) is 25.4 Å². The van der Waals surface area contributed by atoms with E-state index in [1.165, 1.54) is 18.0 Å². The summed E-state index contributed by atoms with van der Waals surface area (Å²) in [6.45, 7) is 5.84. The number of amides is 1. The molecule has 0 saturated heterocycles. The minimum Gasteiger partial charge on any atom is -0.414 e.